The van der Waals surface area contributed by atoms with Crippen LogP contribution in [0.25, 0.3) is 5.76 Å². The van der Waals surface area contributed by atoms with E-state index in [2.05, 4.69) is 29.1 Å². The second-order valence-corrected chi connectivity index (χ2v) is 8.94. The number of allylic oxidation sites excluding steroid dienone is 2. The van der Waals surface area contributed by atoms with E-state index < -0.39 is 0 Å². The van der Waals surface area contributed by atoms with Crippen molar-refractivity contribution in [1.29, 1.82) is 0 Å². The van der Waals surface area contributed by atoms with Gasteiger partial charge in [-0.1, -0.05) is 25.5 Å². The third kappa shape index (κ3) is 2.36. The van der Waals surface area contributed by atoms with Crippen LogP contribution < -0.4 is 4.74 Å². The maximum atomic E-state index is 13.6. The van der Waals surface area contributed by atoms with E-state index in [1.165, 1.54) is 0 Å². The van der Waals surface area contributed by atoms with E-state index in [1.807, 2.05) is 14.1 Å². The lowest BCUT2D eigenvalue weighted by Crippen LogP contribution is -2.44. The number of rotatable bonds is 5. The number of unbranched alkanes of at least 4 members (excludes halogenated alkanes) is 1. The van der Waals surface area contributed by atoms with Gasteiger partial charge in [0.1, 0.15) is 11.3 Å². The summed E-state index contributed by atoms with van der Waals surface area (Å²) in [5.41, 5.74) is 1.04. The second-order valence-electron chi connectivity index (χ2n) is 8.94. The van der Waals surface area contributed by atoms with Gasteiger partial charge < -0.3 is 14.4 Å². The molecule has 0 unspecified atom stereocenters. The maximum Gasteiger partial charge on any atom is 0.265 e. The topological polar surface area (TPSA) is 75.8 Å². The fraction of sp³-hybridized carbons (Fsp3) is 0.636. The zero-order valence-corrected chi connectivity index (χ0v) is 16.7. The van der Waals surface area contributed by atoms with Gasteiger partial charge in [-0.05, 0) is 56.3 Å². The number of carbonyl (C=O) groups excluding carboxylic acids is 1. The Kier molecular flexibility index (Phi) is 4.16. The molecule has 1 N–H and O–H groups in total. The summed E-state index contributed by atoms with van der Waals surface area (Å²) in [6, 6.07) is -0.120. The van der Waals surface area contributed by atoms with Gasteiger partial charge in [0.15, 0.2) is 11.5 Å². The quantitative estimate of drug-likeness (QED) is 0.615. The molecule has 5 rings (SSSR count). The molecule has 6 heteroatoms. The zero-order chi connectivity index (χ0) is 19.6. The van der Waals surface area contributed by atoms with Crippen LogP contribution in [0, 0.1) is 29.6 Å². The van der Waals surface area contributed by atoms with Gasteiger partial charge in [-0.3, -0.25) is 9.69 Å². The largest absolute Gasteiger partial charge is 0.507 e. The predicted molar refractivity (Wildman–Crippen MR) is 104 cm³/mol. The Balaban J connectivity index is 1.59. The highest BCUT2D eigenvalue weighted by Crippen LogP contribution is 2.60. The Labute approximate surface area is 165 Å². The minimum Gasteiger partial charge on any atom is -0.507 e. The minimum absolute atomic E-state index is 0.0112. The number of aromatic nitrogens is 1. The van der Waals surface area contributed by atoms with E-state index in [1.54, 1.807) is 0 Å². The summed E-state index contributed by atoms with van der Waals surface area (Å²) in [4.78, 5) is 15.6. The molecule has 0 amide bonds. The van der Waals surface area contributed by atoms with E-state index in [4.69, 9.17) is 9.26 Å². The van der Waals surface area contributed by atoms with E-state index in [0.29, 0.717) is 47.1 Å². The van der Waals surface area contributed by atoms with Crippen molar-refractivity contribution in [1.82, 2.24) is 10.1 Å². The molecule has 6 atom stereocenters. The predicted octanol–water partition coefficient (Wildman–Crippen LogP) is 3.77. The van der Waals surface area contributed by atoms with Gasteiger partial charge in [0.25, 0.3) is 5.88 Å². The first kappa shape index (κ1) is 18.0. The number of hydrogen-bond donors (Lipinski definition) is 1. The molecule has 2 fully saturated rings. The van der Waals surface area contributed by atoms with Crippen molar-refractivity contribution in [3.63, 3.8) is 0 Å². The van der Waals surface area contributed by atoms with Crippen molar-refractivity contribution in [3.05, 3.63) is 29.0 Å². The lowest BCUT2D eigenvalue weighted by Gasteiger charge is -2.43. The second kappa shape index (κ2) is 6.48. The van der Waals surface area contributed by atoms with Crippen LogP contribution in [-0.4, -0.2) is 41.6 Å². The van der Waals surface area contributed by atoms with Crippen LogP contribution in [0.3, 0.4) is 0 Å². The third-order valence-corrected chi connectivity index (χ3v) is 7.21. The Morgan fingerprint density at radius 3 is 2.82 bits per heavy atom. The van der Waals surface area contributed by atoms with Gasteiger partial charge in [-0.25, -0.2) is 0 Å². The summed E-state index contributed by atoms with van der Waals surface area (Å²) in [7, 11) is 3.98. The normalized spacial score (nSPS) is 35.4. The van der Waals surface area contributed by atoms with E-state index in [0.717, 1.165) is 25.7 Å². The van der Waals surface area contributed by atoms with Crippen molar-refractivity contribution in [3.8, 4) is 5.88 Å². The number of hydrogen-bond acceptors (Lipinski definition) is 6. The number of nitrogens with zero attached hydrogens (tertiary/aromatic N) is 2. The number of ether oxygens (including phenoxy) is 1. The Morgan fingerprint density at radius 2 is 2.07 bits per heavy atom. The molecule has 2 saturated carbocycles. The Hall–Kier alpha value is -2.08. The molecule has 150 valence electrons. The van der Waals surface area contributed by atoms with E-state index >= 15 is 0 Å². The number of aliphatic hydroxyl groups is 1. The molecule has 0 spiro atoms. The zero-order valence-electron chi connectivity index (χ0n) is 16.7. The van der Waals surface area contributed by atoms with Crippen LogP contribution in [0.5, 0.6) is 5.88 Å². The minimum atomic E-state index is -0.120. The molecule has 4 aliphatic carbocycles. The molecule has 1 aromatic rings. The number of carbonyl (C=O) groups is 1. The highest BCUT2D eigenvalue weighted by molar-refractivity contribution is 6.06. The first-order valence-electron chi connectivity index (χ1n) is 10.5. The lowest BCUT2D eigenvalue weighted by atomic mass is 9.62. The van der Waals surface area contributed by atoms with Crippen molar-refractivity contribution in [2.24, 2.45) is 29.6 Å². The molecule has 0 saturated heterocycles. The van der Waals surface area contributed by atoms with Gasteiger partial charge in [0.05, 0.1) is 12.6 Å². The standard InChI is InChI=1S/C22H28N2O4/c1-4-5-8-27-22-17-20(26)16-14(18(24(2)3)21(17)28-23-22)10-13-11-6-7-12(9-11)15(13)19(16)25/h6-7,11-15,18,26H,4-5,8-10H2,1-3H3/t11-,12+,13-,14+,15+,18+/m0/s1. The van der Waals surface area contributed by atoms with Crippen molar-refractivity contribution < 1.29 is 19.2 Å². The molecule has 1 aromatic heterocycles. The number of ketones is 1. The monoisotopic (exact) mass is 384 g/mol. The maximum absolute atomic E-state index is 13.6. The van der Waals surface area contributed by atoms with Gasteiger partial charge in [0.2, 0.25) is 0 Å². The molecular formula is C22H28N2O4. The Bertz CT molecular complexity index is 868. The molecule has 2 bridgehead atoms. The summed E-state index contributed by atoms with van der Waals surface area (Å²) in [5.74, 6) is 2.21. The lowest BCUT2D eigenvalue weighted by molar-refractivity contribution is -0.124. The average Bonchev–Trinajstić information content (AvgIpc) is 3.37. The van der Waals surface area contributed by atoms with Crippen LogP contribution in [0.4, 0.5) is 0 Å². The van der Waals surface area contributed by atoms with Gasteiger partial charge in [-0.15, -0.1) is 0 Å². The number of Topliss-reactive ketones (excluding diaryl/α,β-unsaturated/α-hetero) is 1. The van der Waals surface area contributed by atoms with Crippen molar-refractivity contribution >= 4 is 11.5 Å². The summed E-state index contributed by atoms with van der Waals surface area (Å²) >= 11 is 0. The summed E-state index contributed by atoms with van der Waals surface area (Å²) in [6.07, 6.45) is 8.38. The highest BCUT2D eigenvalue weighted by Gasteiger charge is 2.57. The molecule has 0 aliphatic heterocycles. The van der Waals surface area contributed by atoms with E-state index in [-0.39, 0.29) is 29.4 Å². The summed E-state index contributed by atoms with van der Waals surface area (Å²) in [5, 5.41) is 15.3. The number of fused-ring (bicyclic) bond motifs is 7. The van der Waals surface area contributed by atoms with Gasteiger partial charge >= 0.3 is 0 Å². The van der Waals surface area contributed by atoms with E-state index in [9.17, 15) is 9.90 Å². The third-order valence-electron chi connectivity index (χ3n) is 7.21. The fourth-order valence-corrected chi connectivity index (χ4v) is 6.02. The van der Waals surface area contributed by atoms with Crippen LogP contribution in [0.2, 0.25) is 0 Å². The molecule has 6 nitrogen and oxygen atoms in total. The number of aliphatic hydroxyl groups excluding tert-OH is 1. The van der Waals surface area contributed by atoms with Crippen LogP contribution in [0.15, 0.2) is 22.2 Å². The van der Waals surface area contributed by atoms with Crippen molar-refractivity contribution in [2.75, 3.05) is 20.7 Å². The van der Waals surface area contributed by atoms with Gasteiger partial charge in [0, 0.05) is 17.4 Å². The average molecular weight is 384 g/mol. The van der Waals surface area contributed by atoms with Crippen molar-refractivity contribution in [2.45, 2.75) is 38.6 Å². The molecule has 1 heterocycles. The molecular weight excluding hydrogens is 356 g/mol. The summed E-state index contributed by atoms with van der Waals surface area (Å²) in [6.45, 7) is 2.61. The molecule has 0 radical (unpaired) electrons. The SMILES string of the molecule is CCCCOc1noc2c1C(O)=C1C(=O)[C@H]3[C@@H](C[C@H]1[C@H]2N(C)C)[C@H]1C=C[C@@H]3C1. The first-order chi connectivity index (χ1) is 13.5. The van der Waals surface area contributed by atoms with Gasteiger partial charge in [-0.2, -0.15) is 0 Å². The van der Waals surface area contributed by atoms with Crippen LogP contribution in [0.1, 0.15) is 50.0 Å². The smallest absolute Gasteiger partial charge is 0.265 e. The highest BCUT2D eigenvalue weighted by atomic mass is 16.5. The van der Waals surface area contributed by atoms with Crippen LogP contribution in [-0.2, 0) is 4.79 Å². The Morgan fingerprint density at radius 1 is 1.29 bits per heavy atom. The molecule has 4 aliphatic rings. The fourth-order valence-electron chi connectivity index (χ4n) is 6.02. The first-order valence-corrected chi connectivity index (χ1v) is 10.5. The molecule has 0 aromatic carbocycles. The molecule has 28 heavy (non-hydrogen) atoms. The van der Waals surface area contributed by atoms with Crippen LogP contribution >= 0.6 is 0 Å². The summed E-state index contributed by atoms with van der Waals surface area (Å²) < 4.78 is 11.5.